The van der Waals surface area contributed by atoms with Crippen molar-refractivity contribution >= 4 is 52.0 Å². The third-order valence-corrected chi connectivity index (χ3v) is 0. The molecule has 0 aromatic heterocycles. The fourth-order valence-corrected chi connectivity index (χ4v) is 0. The zero-order valence-electron chi connectivity index (χ0n) is 2.33. The summed E-state index contributed by atoms with van der Waals surface area (Å²) in [6.07, 6.45) is 0. The van der Waals surface area contributed by atoms with Gasteiger partial charge in [0.05, 0.1) is 0 Å². The molecule has 0 aliphatic rings. The van der Waals surface area contributed by atoms with E-state index in [1.54, 1.807) is 0 Å². The summed E-state index contributed by atoms with van der Waals surface area (Å²) in [6.45, 7) is 0. The van der Waals surface area contributed by atoms with Crippen LogP contribution in [0.1, 0.15) is 0 Å². The zero-order chi connectivity index (χ0) is 0. The Morgan fingerprint density at radius 2 is 1.00 bits per heavy atom. The molecule has 0 unspecified atom stereocenters. The van der Waals surface area contributed by atoms with Gasteiger partial charge in [-0.1, -0.05) is 0 Å². The van der Waals surface area contributed by atoms with Gasteiger partial charge in [-0.3, -0.25) is 0 Å². The van der Waals surface area contributed by atoms with Gasteiger partial charge in [0, 0.05) is 111 Å². The molecule has 0 nitrogen and oxygen atoms in total. The molecule has 0 fully saturated rings. The normalized spacial score (nSPS) is 0. The van der Waals surface area contributed by atoms with Crippen LogP contribution in [0.25, 0.3) is 0 Å². The topological polar surface area (TPSA) is 0 Å². The van der Waals surface area contributed by atoms with Crippen LogP contribution in [0.4, 0.5) is 0 Å². The molecular weight excluding hydrogens is 561 g/mol. The second kappa shape index (κ2) is 25.4. The molecule has 32 valence electrons. The van der Waals surface area contributed by atoms with Gasteiger partial charge in [-0.05, 0) is 0 Å². The maximum Gasteiger partial charge on any atom is 0 e. The molecule has 0 saturated carbocycles. The fraction of sp³-hybridized carbons (Fsp3) is 0. The van der Waals surface area contributed by atoms with Crippen molar-refractivity contribution in [3.05, 3.63) is 0 Å². The second-order valence-corrected chi connectivity index (χ2v) is 0. The van der Waals surface area contributed by atoms with Gasteiger partial charge in [-0.25, -0.2) is 0 Å². The van der Waals surface area contributed by atoms with Crippen molar-refractivity contribution in [2.24, 2.45) is 0 Å². The van der Waals surface area contributed by atoms with E-state index in [2.05, 4.69) is 0 Å². The summed E-state index contributed by atoms with van der Waals surface area (Å²) < 4.78 is 0. The first-order valence-corrected chi connectivity index (χ1v) is 0. The van der Waals surface area contributed by atoms with Gasteiger partial charge < -0.3 is 0 Å². The minimum Gasteiger partial charge on any atom is 0 e. The summed E-state index contributed by atoms with van der Waals surface area (Å²) in [6, 6.07) is 0. The Labute approximate surface area is 109 Å². The predicted octanol–water partition coefficient (Wildman–Crippen LogP) is -0.769. The Hall–Kier alpha value is 3.64. The van der Waals surface area contributed by atoms with Gasteiger partial charge in [-0.15, -0.1) is 0 Å². The first-order valence-electron chi connectivity index (χ1n) is 0. The summed E-state index contributed by atoms with van der Waals surface area (Å²) in [5, 5.41) is 0. The Kier molecular flexibility index (Phi) is 194. The molecule has 0 amide bonds. The Balaban J connectivity index is 0. The minimum absolute atomic E-state index is 0. The molecule has 8 radical (unpaired) electrons. The van der Waals surface area contributed by atoms with Crippen molar-refractivity contribution in [2.45, 2.75) is 0 Å². The van der Waals surface area contributed by atoms with Gasteiger partial charge in [0.1, 0.15) is 0 Å². The van der Waals surface area contributed by atoms with Crippen LogP contribution in [0.15, 0.2) is 0 Å². The quantitative estimate of drug-likeness (QED) is 0.342. The molecule has 0 aliphatic heterocycles. The maximum absolute atomic E-state index is 0. The van der Waals surface area contributed by atoms with E-state index < -0.39 is 0 Å². The third-order valence-electron chi connectivity index (χ3n) is 0. The molecule has 0 rings (SSSR count). The molecule has 0 aliphatic carbocycles. The van der Waals surface area contributed by atoms with Crippen molar-refractivity contribution in [2.75, 3.05) is 0 Å². The van der Waals surface area contributed by atoms with Crippen LogP contribution >= 0.6 is 0 Å². The first kappa shape index (κ1) is 38.1. The zero-order valence-corrected chi connectivity index (χ0v) is 14.5. The van der Waals surface area contributed by atoms with E-state index in [4.69, 9.17) is 0 Å². The number of hydrogen-bond donors (Lipinski definition) is 0. The summed E-state index contributed by atoms with van der Waals surface area (Å²) >= 11 is 0. The predicted molar refractivity (Wildman–Crippen MR) is 11.5 cm³/mol. The summed E-state index contributed by atoms with van der Waals surface area (Å²) in [7, 11) is 0. The van der Waals surface area contributed by atoms with E-state index in [0.29, 0.717) is 0 Å². The Bertz CT molecular complexity index is 11.6. The minimum atomic E-state index is 0. The maximum atomic E-state index is 0. The smallest absolute Gasteiger partial charge is 0 e. The monoisotopic (exact) mass is 558 g/mol. The Morgan fingerprint density at radius 3 is 1.00 bits per heavy atom. The third kappa shape index (κ3) is 18.3. The van der Waals surface area contributed by atoms with Crippen molar-refractivity contribution in [3.63, 3.8) is 0 Å². The van der Waals surface area contributed by atoms with Gasteiger partial charge in [0.25, 0.3) is 0 Å². The van der Waals surface area contributed by atoms with E-state index >= 15 is 0 Å². The molecule has 5 heavy (non-hydrogen) atoms. The number of rotatable bonds is 0. The van der Waals surface area contributed by atoms with Crippen LogP contribution in [0.3, 0.4) is 0 Å². The molecule has 0 N–H and O–H groups in total. The van der Waals surface area contributed by atoms with Crippen molar-refractivity contribution in [1.82, 2.24) is 0 Å². The molecule has 0 aromatic carbocycles. The molecule has 0 aromatic rings. The van der Waals surface area contributed by atoms with Crippen LogP contribution in [0, 0.1) is 0 Å². The summed E-state index contributed by atoms with van der Waals surface area (Å²) in [5.41, 5.74) is 0. The summed E-state index contributed by atoms with van der Waals surface area (Å²) in [4.78, 5) is 0. The van der Waals surface area contributed by atoms with E-state index in [1.807, 2.05) is 0 Å². The van der Waals surface area contributed by atoms with Crippen LogP contribution in [0.2, 0.25) is 0 Å². The van der Waals surface area contributed by atoms with Crippen molar-refractivity contribution in [1.29, 1.82) is 0 Å². The van der Waals surface area contributed by atoms with Crippen LogP contribution in [0.5, 0.6) is 0 Å². The molecule has 0 atom stereocenters. The number of hydrogen-bond acceptors (Lipinski definition) is 0. The average molecular weight is 561 g/mol. The van der Waals surface area contributed by atoms with Gasteiger partial charge in [0.15, 0.2) is 0 Å². The standard InChI is InChI=1S/Ag.Bi.Cu.In.Zn. The molecule has 0 saturated heterocycles. The molecule has 5 heteroatoms. The van der Waals surface area contributed by atoms with E-state index in [9.17, 15) is 0 Å². The van der Waals surface area contributed by atoms with E-state index in [-0.39, 0.29) is 111 Å². The average Bonchev–Trinajstić information content (AvgIpc) is 0. The molecular formula is AgBiCuInZn. The first-order chi connectivity index (χ1) is 0. The molecule has 0 spiro atoms. The van der Waals surface area contributed by atoms with Gasteiger partial charge in [0.2, 0.25) is 0 Å². The second-order valence-electron chi connectivity index (χ2n) is 0. The van der Waals surface area contributed by atoms with Gasteiger partial charge >= 0.3 is 0 Å². The Morgan fingerprint density at radius 1 is 1.00 bits per heavy atom. The van der Waals surface area contributed by atoms with Crippen LogP contribution < -0.4 is 0 Å². The van der Waals surface area contributed by atoms with Gasteiger partial charge in [-0.2, -0.15) is 0 Å². The largest absolute Gasteiger partial charge is 0 e. The SMILES string of the molecule is [Ag].[Bi].[Cu].[In].[Zn]. The molecule has 0 bridgehead atoms. The van der Waals surface area contributed by atoms with E-state index in [1.165, 1.54) is 0 Å². The van der Waals surface area contributed by atoms with Crippen molar-refractivity contribution < 1.29 is 58.9 Å². The molecule has 0 heterocycles. The van der Waals surface area contributed by atoms with Crippen molar-refractivity contribution in [3.8, 4) is 0 Å². The summed E-state index contributed by atoms with van der Waals surface area (Å²) in [5.74, 6) is 0. The fourth-order valence-electron chi connectivity index (χ4n) is 0. The van der Waals surface area contributed by atoms with Crippen LogP contribution in [-0.2, 0) is 58.9 Å². The van der Waals surface area contributed by atoms with E-state index in [0.717, 1.165) is 0 Å². The van der Waals surface area contributed by atoms with Crippen LogP contribution in [-0.4, -0.2) is 52.0 Å².